The van der Waals surface area contributed by atoms with Gasteiger partial charge in [0.15, 0.2) is 5.82 Å². The zero-order valence-electron chi connectivity index (χ0n) is 17.6. The van der Waals surface area contributed by atoms with E-state index in [0.29, 0.717) is 23.8 Å². The third kappa shape index (κ3) is 3.93. The number of aromatic nitrogens is 3. The van der Waals surface area contributed by atoms with Crippen LogP contribution in [0.1, 0.15) is 65.4 Å². The van der Waals surface area contributed by atoms with Gasteiger partial charge in [0.1, 0.15) is 22.7 Å². The number of Topliss-reactive ketones (excluding diaryl/α,β-unsaturated/α-hetero) is 1. The molecule has 2 aromatic heterocycles. The van der Waals surface area contributed by atoms with E-state index in [1.807, 2.05) is 49.6 Å². The Kier molecular flexibility index (Phi) is 6.03. The molecule has 1 aromatic carbocycles. The largest absolute Gasteiger partial charge is 0.311 e. The number of ketones is 1. The highest BCUT2D eigenvalue weighted by Crippen LogP contribution is 2.40. The smallest absolute Gasteiger partial charge is 0.249 e. The van der Waals surface area contributed by atoms with Gasteiger partial charge in [-0.1, -0.05) is 30.7 Å². The van der Waals surface area contributed by atoms with Crippen molar-refractivity contribution in [2.75, 3.05) is 0 Å². The van der Waals surface area contributed by atoms with Crippen molar-refractivity contribution < 1.29 is 4.79 Å². The summed E-state index contributed by atoms with van der Waals surface area (Å²) in [5, 5.41) is 10.3. The van der Waals surface area contributed by atoms with E-state index in [0.717, 1.165) is 44.5 Å². The Morgan fingerprint density at radius 1 is 1.26 bits per heavy atom. The lowest BCUT2D eigenvalue weighted by Gasteiger charge is -2.12. The van der Waals surface area contributed by atoms with Gasteiger partial charge in [-0.05, 0) is 38.0 Å². The highest BCUT2D eigenvalue weighted by Gasteiger charge is 2.33. The maximum atomic E-state index is 12.6. The molecule has 31 heavy (non-hydrogen) atoms. The molecule has 1 atom stereocenters. The van der Waals surface area contributed by atoms with Gasteiger partial charge in [0, 0.05) is 29.0 Å². The summed E-state index contributed by atoms with van der Waals surface area (Å²) in [5.74, 6) is 1.57. The van der Waals surface area contributed by atoms with E-state index in [2.05, 4.69) is 15.0 Å². The summed E-state index contributed by atoms with van der Waals surface area (Å²) in [6.45, 7) is 13.6. The van der Waals surface area contributed by atoms with Gasteiger partial charge in [-0.3, -0.25) is 14.4 Å². The maximum absolute atomic E-state index is 12.6. The minimum Gasteiger partial charge on any atom is -0.311 e. The number of halogens is 1. The molecule has 0 unspecified atom stereocenters. The zero-order chi connectivity index (χ0) is 22.1. The van der Waals surface area contributed by atoms with E-state index in [-0.39, 0.29) is 12.2 Å². The molecule has 4 rings (SSSR count). The Morgan fingerprint density at radius 3 is 2.68 bits per heavy atom. The number of carbonyl (C=O) groups excluding carboxylic acids is 1. The number of aryl methyl sites for hydroxylation is 1. The molecular weight excluding hydrogens is 430 g/mol. The van der Waals surface area contributed by atoms with Crippen LogP contribution in [0.25, 0.3) is 9.85 Å². The number of hydrogen-bond donors (Lipinski definition) is 0. The Morgan fingerprint density at radius 2 is 2.00 bits per heavy atom. The Hall–Kier alpha value is -2.82. The molecule has 0 bridgehead atoms. The highest BCUT2D eigenvalue weighted by atomic mass is 35.5. The van der Waals surface area contributed by atoms with Crippen LogP contribution in [0, 0.1) is 20.4 Å². The first-order valence-electron chi connectivity index (χ1n) is 10.2. The first-order valence-corrected chi connectivity index (χ1v) is 11.4. The van der Waals surface area contributed by atoms with Crippen LogP contribution < -0.4 is 0 Å². The molecule has 8 heteroatoms. The van der Waals surface area contributed by atoms with Crippen LogP contribution >= 0.6 is 22.9 Å². The molecular formula is C23H22ClN5OS. The van der Waals surface area contributed by atoms with Crippen LogP contribution in [0.5, 0.6) is 0 Å². The lowest BCUT2D eigenvalue weighted by molar-refractivity contribution is -0.119. The second kappa shape index (κ2) is 8.74. The molecule has 0 saturated carbocycles. The van der Waals surface area contributed by atoms with Crippen molar-refractivity contribution in [3.05, 3.63) is 73.9 Å². The molecule has 0 spiro atoms. The van der Waals surface area contributed by atoms with Gasteiger partial charge in [0.05, 0.1) is 10.6 Å². The average molecular weight is 452 g/mol. The number of fused-ring (bicyclic) bond motifs is 3. The van der Waals surface area contributed by atoms with Gasteiger partial charge >= 0.3 is 0 Å². The Bertz CT molecular complexity index is 1220. The van der Waals surface area contributed by atoms with E-state index in [9.17, 15) is 4.79 Å². The molecule has 3 heterocycles. The summed E-state index contributed by atoms with van der Waals surface area (Å²) in [4.78, 5) is 22.3. The molecule has 0 fully saturated rings. The summed E-state index contributed by atoms with van der Waals surface area (Å²) in [6.07, 6.45) is 1.61. The molecule has 158 valence electrons. The second-order valence-corrected chi connectivity index (χ2v) is 9.10. The van der Waals surface area contributed by atoms with E-state index >= 15 is 0 Å². The van der Waals surface area contributed by atoms with Crippen LogP contribution in [-0.2, 0) is 11.3 Å². The number of aliphatic imine (C=N–C) groups is 1. The van der Waals surface area contributed by atoms with Crippen molar-refractivity contribution >= 4 is 34.4 Å². The lowest BCUT2D eigenvalue weighted by Crippen LogP contribution is -2.11. The van der Waals surface area contributed by atoms with Crippen molar-refractivity contribution in [2.24, 2.45) is 4.99 Å². The summed E-state index contributed by atoms with van der Waals surface area (Å²) in [6, 6.07) is 7.15. The fraction of sp³-hybridized carbons (Fsp3) is 0.348. The molecule has 0 amide bonds. The maximum Gasteiger partial charge on any atom is 0.249 e. The van der Waals surface area contributed by atoms with Crippen LogP contribution in [0.3, 0.4) is 0 Å². The van der Waals surface area contributed by atoms with E-state index < -0.39 is 6.04 Å². The highest BCUT2D eigenvalue weighted by molar-refractivity contribution is 7.15. The fourth-order valence-corrected chi connectivity index (χ4v) is 5.30. The molecule has 0 N–H and O–H groups in total. The molecule has 0 saturated heterocycles. The molecule has 3 aromatic rings. The number of benzene rings is 1. The average Bonchev–Trinajstić information content (AvgIpc) is 3.22. The minimum absolute atomic E-state index is 0.162. The molecule has 1 aliphatic heterocycles. The topological polar surface area (TPSA) is 64.5 Å². The third-order valence-electron chi connectivity index (χ3n) is 5.39. The number of thiophene rings is 1. The monoisotopic (exact) mass is 451 g/mol. The van der Waals surface area contributed by atoms with Crippen LogP contribution in [0.2, 0.25) is 5.02 Å². The molecule has 6 nitrogen and oxygen atoms in total. The first kappa shape index (κ1) is 21.4. The normalized spacial score (nSPS) is 14.9. The van der Waals surface area contributed by atoms with Crippen molar-refractivity contribution in [3.63, 3.8) is 0 Å². The van der Waals surface area contributed by atoms with Crippen LogP contribution in [-0.4, -0.2) is 26.3 Å². The van der Waals surface area contributed by atoms with Crippen molar-refractivity contribution in [1.29, 1.82) is 0 Å². The van der Waals surface area contributed by atoms with Gasteiger partial charge in [0.25, 0.3) is 0 Å². The van der Waals surface area contributed by atoms with Crippen molar-refractivity contribution in [2.45, 2.75) is 52.6 Å². The van der Waals surface area contributed by atoms with Crippen LogP contribution in [0.15, 0.2) is 29.3 Å². The summed E-state index contributed by atoms with van der Waals surface area (Å²) >= 11 is 7.70. The third-order valence-corrected chi connectivity index (χ3v) is 6.90. The number of hydrogen-bond acceptors (Lipinski definition) is 5. The predicted molar refractivity (Wildman–Crippen MR) is 123 cm³/mol. The van der Waals surface area contributed by atoms with Gasteiger partial charge < -0.3 is 4.85 Å². The Labute approximate surface area is 190 Å². The molecule has 1 aliphatic rings. The number of rotatable bonds is 6. The van der Waals surface area contributed by atoms with E-state index in [1.54, 1.807) is 11.3 Å². The SMILES string of the molecule is [C-]#[N+]Cc1sc2c(c1C)C(c1ccc(Cl)cc1)=N[C@@H](CC(=O)CCC)c1nnc(C)n1-2. The minimum atomic E-state index is -0.422. The molecule has 0 radical (unpaired) electrons. The first-order chi connectivity index (χ1) is 14.9. The quantitative estimate of drug-likeness (QED) is 0.453. The van der Waals surface area contributed by atoms with Gasteiger partial charge in [-0.15, -0.1) is 21.5 Å². The van der Waals surface area contributed by atoms with E-state index in [4.69, 9.17) is 23.2 Å². The van der Waals surface area contributed by atoms with Crippen LogP contribution in [0.4, 0.5) is 0 Å². The molecule has 0 aliphatic carbocycles. The lowest BCUT2D eigenvalue weighted by atomic mass is 9.99. The standard InChI is InChI=1S/C23H22ClN5OS/c1-5-6-17(30)11-18-22-28-27-14(3)29(22)23-20(13(2)19(31-23)12-25-4)21(26-18)15-7-9-16(24)10-8-15/h7-10,18H,5-6,11-12H2,1-3H3/t18-/m0/s1. The van der Waals surface area contributed by atoms with Gasteiger partial charge in [0.2, 0.25) is 6.54 Å². The predicted octanol–water partition coefficient (Wildman–Crippen LogP) is 5.67. The number of carbonyl (C=O) groups is 1. The summed E-state index contributed by atoms with van der Waals surface area (Å²) in [7, 11) is 0. The summed E-state index contributed by atoms with van der Waals surface area (Å²) in [5.41, 5.74) is 3.73. The van der Waals surface area contributed by atoms with Gasteiger partial charge in [-0.2, -0.15) is 0 Å². The summed E-state index contributed by atoms with van der Waals surface area (Å²) < 4.78 is 2.01. The number of nitrogens with zero attached hydrogens (tertiary/aromatic N) is 5. The van der Waals surface area contributed by atoms with E-state index in [1.165, 1.54) is 0 Å². The van der Waals surface area contributed by atoms with Crippen molar-refractivity contribution in [1.82, 2.24) is 14.8 Å². The fourth-order valence-electron chi connectivity index (χ4n) is 3.89. The van der Waals surface area contributed by atoms with Gasteiger partial charge in [-0.25, -0.2) is 6.57 Å². The zero-order valence-corrected chi connectivity index (χ0v) is 19.2. The Balaban J connectivity index is 1.98. The van der Waals surface area contributed by atoms with Crippen molar-refractivity contribution in [3.8, 4) is 5.00 Å². The second-order valence-electron chi connectivity index (χ2n) is 7.58.